The smallest absolute Gasteiger partial charge is 0.266 e. The van der Waals surface area contributed by atoms with Gasteiger partial charge in [0, 0.05) is 19.2 Å². The first-order valence-corrected chi connectivity index (χ1v) is 5.47. The van der Waals surface area contributed by atoms with Crippen molar-refractivity contribution in [1.29, 1.82) is 0 Å². The van der Waals surface area contributed by atoms with Crippen molar-refractivity contribution >= 4 is 0 Å². The van der Waals surface area contributed by atoms with Crippen molar-refractivity contribution < 1.29 is 0 Å². The summed E-state index contributed by atoms with van der Waals surface area (Å²) in [5.41, 5.74) is 0.516. The lowest BCUT2D eigenvalue weighted by Crippen LogP contribution is -2.19. The Hall–Kier alpha value is -1.98. The maximum absolute atomic E-state index is 11.3. The number of nitrogens with zero attached hydrogens (tertiary/aromatic N) is 5. The second-order valence-corrected chi connectivity index (χ2v) is 4.20. The Morgan fingerprint density at radius 3 is 2.53 bits per heavy atom. The first kappa shape index (κ1) is 11.5. The fourth-order valence-electron chi connectivity index (χ4n) is 1.59. The molecule has 90 valence electrons. The van der Waals surface area contributed by atoms with E-state index in [9.17, 15) is 4.79 Å². The van der Waals surface area contributed by atoms with Gasteiger partial charge in [-0.1, -0.05) is 0 Å². The minimum absolute atomic E-state index is 0.138. The Kier molecular flexibility index (Phi) is 2.79. The van der Waals surface area contributed by atoms with Gasteiger partial charge in [-0.3, -0.25) is 4.79 Å². The highest BCUT2D eigenvalue weighted by molar-refractivity contribution is 5.48. The van der Waals surface area contributed by atoms with Gasteiger partial charge in [0.1, 0.15) is 11.5 Å². The first-order chi connectivity index (χ1) is 7.99. The molecule has 0 saturated heterocycles. The lowest BCUT2D eigenvalue weighted by atomic mass is 10.3. The topological polar surface area (TPSA) is 65.6 Å². The van der Waals surface area contributed by atoms with Crippen molar-refractivity contribution in [2.75, 3.05) is 0 Å². The molecule has 2 aromatic rings. The summed E-state index contributed by atoms with van der Waals surface area (Å²) in [5, 5.41) is 8.50. The van der Waals surface area contributed by atoms with Crippen LogP contribution in [-0.4, -0.2) is 24.5 Å². The van der Waals surface area contributed by atoms with Crippen LogP contribution in [0, 0.1) is 6.92 Å². The maximum atomic E-state index is 11.3. The summed E-state index contributed by atoms with van der Waals surface area (Å²) in [7, 11) is 1.62. The van der Waals surface area contributed by atoms with E-state index in [0.717, 1.165) is 0 Å². The van der Waals surface area contributed by atoms with Gasteiger partial charge in [0.2, 0.25) is 0 Å². The highest BCUT2D eigenvalue weighted by Crippen LogP contribution is 2.17. The average molecular weight is 233 g/mol. The highest BCUT2D eigenvalue weighted by Gasteiger charge is 2.14. The lowest BCUT2D eigenvalue weighted by Gasteiger charge is -2.08. The molecule has 0 unspecified atom stereocenters. The van der Waals surface area contributed by atoms with E-state index in [4.69, 9.17) is 0 Å². The van der Waals surface area contributed by atoms with E-state index in [1.165, 1.54) is 10.7 Å². The van der Waals surface area contributed by atoms with Gasteiger partial charge >= 0.3 is 0 Å². The molecule has 6 nitrogen and oxygen atoms in total. The number of rotatable bonds is 2. The third-order valence-corrected chi connectivity index (χ3v) is 2.42. The fraction of sp³-hybridized carbons (Fsp3) is 0.455. The molecule has 2 heterocycles. The zero-order valence-electron chi connectivity index (χ0n) is 10.4. The number of aromatic nitrogens is 5. The fourth-order valence-corrected chi connectivity index (χ4v) is 1.59. The van der Waals surface area contributed by atoms with Gasteiger partial charge in [-0.15, -0.1) is 0 Å². The molecule has 0 spiro atoms. The van der Waals surface area contributed by atoms with Crippen molar-refractivity contribution in [3.05, 3.63) is 28.3 Å². The number of aryl methyl sites for hydroxylation is 2. The van der Waals surface area contributed by atoms with Crippen LogP contribution in [-0.2, 0) is 7.05 Å². The quantitative estimate of drug-likeness (QED) is 0.774. The molecule has 2 rings (SSSR count). The predicted molar refractivity (Wildman–Crippen MR) is 63.6 cm³/mol. The molecule has 0 saturated carbocycles. The second kappa shape index (κ2) is 4.12. The van der Waals surface area contributed by atoms with Crippen LogP contribution in [0.25, 0.3) is 11.5 Å². The van der Waals surface area contributed by atoms with Crippen molar-refractivity contribution in [2.24, 2.45) is 7.05 Å². The van der Waals surface area contributed by atoms with Gasteiger partial charge in [0.25, 0.3) is 5.56 Å². The van der Waals surface area contributed by atoms with E-state index in [0.29, 0.717) is 17.3 Å². The van der Waals surface area contributed by atoms with Crippen molar-refractivity contribution in [1.82, 2.24) is 24.5 Å². The van der Waals surface area contributed by atoms with Gasteiger partial charge in [-0.25, -0.2) is 14.3 Å². The Morgan fingerprint density at radius 2 is 1.94 bits per heavy atom. The monoisotopic (exact) mass is 233 g/mol. The summed E-state index contributed by atoms with van der Waals surface area (Å²) in [6.45, 7) is 5.89. The molecule has 0 aliphatic rings. The van der Waals surface area contributed by atoms with E-state index < -0.39 is 0 Å². The number of hydrogen-bond donors (Lipinski definition) is 0. The van der Waals surface area contributed by atoms with Gasteiger partial charge in [-0.2, -0.15) is 10.2 Å². The molecule has 0 fully saturated rings. The Bertz CT molecular complexity index is 596. The SMILES string of the molecule is Cc1nc(-c2ccc(=O)n(C)n2)n(C(C)C)n1. The van der Waals surface area contributed by atoms with Gasteiger partial charge in [-0.05, 0) is 26.8 Å². The second-order valence-electron chi connectivity index (χ2n) is 4.20. The van der Waals surface area contributed by atoms with Crippen molar-refractivity contribution in [2.45, 2.75) is 26.8 Å². The molecule has 0 amide bonds. The van der Waals surface area contributed by atoms with Crippen LogP contribution >= 0.6 is 0 Å². The summed E-state index contributed by atoms with van der Waals surface area (Å²) in [6, 6.07) is 3.35. The van der Waals surface area contributed by atoms with Crippen molar-refractivity contribution in [3.8, 4) is 11.5 Å². The zero-order valence-corrected chi connectivity index (χ0v) is 10.4. The molecular weight excluding hydrogens is 218 g/mol. The van der Waals surface area contributed by atoms with Crippen LogP contribution in [0.5, 0.6) is 0 Å². The molecule has 0 bridgehead atoms. The molecule has 0 aromatic carbocycles. The molecular formula is C11H15N5O. The van der Waals surface area contributed by atoms with E-state index in [-0.39, 0.29) is 11.6 Å². The molecule has 0 aliphatic carbocycles. The Balaban J connectivity index is 2.59. The highest BCUT2D eigenvalue weighted by atomic mass is 16.1. The largest absolute Gasteiger partial charge is 0.268 e. The molecule has 0 radical (unpaired) electrons. The molecule has 0 N–H and O–H groups in total. The molecule has 2 aromatic heterocycles. The zero-order chi connectivity index (χ0) is 12.6. The summed E-state index contributed by atoms with van der Waals surface area (Å²) in [5.74, 6) is 1.39. The van der Waals surface area contributed by atoms with Gasteiger partial charge < -0.3 is 0 Å². The van der Waals surface area contributed by atoms with E-state index in [1.54, 1.807) is 13.1 Å². The van der Waals surface area contributed by atoms with Crippen LogP contribution < -0.4 is 5.56 Å². The minimum atomic E-state index is -0.138. The standard InChI is InChI=1S/C11H15N5O/c1-7(2)16-11(12-8(3)13-16)9-5-6-10(17)15(4)14-9/h5-7H,1-4H3. The number of hydrogen-bond acceptors (Lipinski definition) is 4. The lowest BCUT2D eigenvalue weighted by molar-refractivity contribution is 0.532. The maximum Gasteiger partial charge on any atom is 0.266 e. The van der Waals surface area contributed by atoms with Crippen molar-refractivity contribution in [3.63, 3.8) is 0 Å². The Morgan fingerprint density at radius 1 is 1.24 bits per heavy atom. The Labute approximate surface area is 98.9 Å². The van der Waals surface area contributed by atoms with E-state index in [1.807, 2.05) is 25.5 Å². The van der Waals surface area contributed by atoms with E-state index in [2.05, 4.69) is 15.2 Å². The normalized spacial score (nSPS) is 11.1. The van der Waals surface area contributed by atoms with Gasteiger partial charge in [0.15, 0.2) is 5.82 Å². The molecule has 6 heteroatoms. The summed E-state index contributed by atoms with van der Waals surface area (Å²) < 4.78 is 3.10. The molecule has 0 aliphatic heterocycles. The summed E-state index contributed by atoms with van der Waals surface area (Å²) in [6.07, 6.45) is 0. The minimum Gasteiger partial charge on any atom is -0.268 e. The summed E-state index contributed by atoms with van der Waals surface area (Å²) >= 11 is 0. The van der Waals surface area contributed by atoms with Crippen LogP contribution in [0.15, 0.2) is 16.9 Å². The average Bonchev–Trinajstić information content (AvgIpc) is 2.64. The third-order valence-electron chi connectivity index (χ3n) is 2.42. The van der Waals surface area contributed by atoms with E-state index >= 15 is 0 Å². The third kappa shape index (κ3) is 2.11. The van der Waals surface area contributed by atoms with Crippen LogP contribution in [0.2, 0.25) is 0 Å². The first-order valence-electron chi connectivity index (χ1n) is 5.47. The van der Waals surface area contributed by atoms with Gasteiger partial charge in [0.05, 0.1) is 0 Å². The van der Waals surface area contributed by atoms with Crippen LogP contribution in [0.1, 0.15) is 25.7 Å². The summed E-state index contributed by atoms with van der Waals surface area (Å²) in [4.78, 5) is 15.6. The van der Waals surface area contributed by atoms with Crippen LogP contribution in [0.3, 0.4) is 0 Å². The predicted octanol–water partition coefficient (Wildman–Crippen LogP) is 0.928. The molecule has 17 heavy (non-hydrogen) atoms. The van der Waals surface area contributed by atoms with Crippen LogP contribution in [0.4, 0.5) is 0 Å². The molecule has 0 atom stereocenters.